The Kier molecular flexibility index (Phi) is 5.27. The summed E-state index contributed by atoms with van der Waals surface area (Å²) < 4.78 is 6.86. The van der Waals surface area contributed by atoms with E-state index in [1.165, 1.54) is 5.56 Å². The molecular weight excluding hydrogens is 304 g/mol. The highest BCUT2D eigenvalue weighted by atomic mass is 16.5. The lowest BCUT2D eigenvalue weighted by Gasteiger charge is -2.34. The van der Waals surface area contributed by atoms with E-state index in [4.69, 9.17) is 4.74 Å². The Labute approximate surface area is 142 Å². The van der Waals surface area contributed by atoms with E-state index in [0.29, 0.717) is 19.7 Å². The summed E-state index contributed by atoms with van der Waals surface area (Å²) in [6.07, 6.45) is 3.88. The van der Waals surface area contributed by atoms with Crippen LogP contribution in [0.4, 0.5) is 0 Å². The molecule has 24 heavy (non-hydrogen) atoms. The molecule has 0 N–H and O–H groups in total. The van der Waals surface area contributed by atoms with E-state index in [1.807, 2.05) is 24.3 Å². The van der Waals surface area contributed by atoms with Crippen LogP contribution in [0.3, 0.4) is 0 Å². The van der Waals surface area contributed by atoms with Crippen LogP contribution in [-0.4, -0.2) is 65.4 Å². The van der Waals surface area contributed by atoms with E-state index < -0.39 is 0 Å². The van der Waals surface area contributed by atoms with Crippen molar-refractivity contribution in [3.05, 3.63) is 42.2 Å². The zero-order valence-corrected chi connectivity index (χ0v) is 14.3. The molecule has 1 saturated heterocycles. The number of benzene rings is 1. The van der Waals surface area contributed by atoms with Crippen molar-refractivity contribution in [1.82, 2.24) is 19.6 Å². The summed E-state index contributed by atoms with van der Waals surface area (Å²) in [7, 11) is 3.58. The molecular formula is C18H24N4O2. The van der Waals surface area contributed by atoms with Gasteiger partial charge in [-0.2, -0.15) is 5.10 Å². The summed E-state index contributed by atoms with van der Waals surface area (Å²) in [4.78, 5) is 16.3. The molecule has 0 aliphatic carbocycles. The molecule has 0 spiro atoms. The monoisotopic (exact) mass is 328 g/mol. The van der Waals surface area contributed by atoms with E-state index in [2.05, 4.69) is 34.3 Å². The van der Waals surface area contributed by atoms with Gasteiger partial charge in [-0.25, -0.2) is 0 Å². The van der Waals surface area contributed by atoms with E-state index in [1.54, 1.807) is 11.8 Å². The fourth-order valence-corrected chi connectivity index (χ4v) is 3.01. The summed E-state index contributed by atoms with van der Waals surface area (Å²) in [5.74, 6) is 0.182. The van der Waals surface area contributed by atoms with Crippen molar-refractivity contribution in [2.75, 3.05) is 39.9 Å². The Morgan fingerprint density at radius 1 is 1.25 bits per heavy atom. The molecule has 0 saturated carbocycles. The minimum Gasteiger partial charge on any atom is -0.383 e. The van der Waals surface area contributed by atoms with Crippen molar-refractivity contribution in [3.8, 4) is 11.1 Å². The van der Waals surface area contributed by atoms with Crippen molar-refractivity contribution in [3.63, 3.8) is 0 Å². The van der Waals surface area contributed by atoms with E-state index >= 15 is 0 Å². The van der Waals surface area contributed by atoms with Crippen LogP contribution in [0.15, 0.2) is 36.7 Å². The van der Waals surface area contributed by atoms with Gasteiger partial charge in [-0.05, 0) is 17.2 Å². The number of piperazine rings is 1. The second kappa shape index (κ2) is 7.59. The zero-order chi connectivity index (χ0) is 16.9. The zero-order valence-electron chi connectivity index (χ0n) is 14.3. The predicted octanol–water partition coefficient (Wildman–Crippen LogP) is 1.38. The summed E-state index contributed by atoms with van der Waals surface area (Å²) >= 11 is 0. The lowest BCUT2D eigenvalue weighted by molar-refractivity contribution is -0.136. The van der Waals surface area contributed by atoms with Crippen LogP contribution in [0.5, 0.6) is 0 Å². The molecule has 6 heteroatoms. The Morgan fingerprint density at radius 2 is 2.12 bits per heavy atom. The van der Waals surface area contributed by atoms with Gasteiger partial charge in [0.05, 0.1) is 19.3 Å². The van der Waals surface area contributed by atoms with E-state index in [-0.39, 0.29) is 5.91 Å². The lowest BCUT2D eigenvalue weighted by Crippen LogP contribution is -2.50. The molecule has 1 aliphatic rings. The third-order valence-electron chi connectivity index (χ3n) is 4.33. The predicted molar refractivity (Wildman–Crippen MR) is 92.4 cm³/mol. The van der Waals surface area contributed by atoms with Crippen molar-refractivity contribution >= 4 is 5.91 Å². The third kappa shape index (κ3) is 4.01. The lowest BCUT2D eigenvalue weighted by atomic mass is 10.1. The topological polar surface area (TPSA) is 50.6 Å². The normalized spacial score (nSPS) is 15.9. The highest BCUT2D eigenvalue weighted by Gasteiger charge is 2.23. The molecule has 2 aromatic rings. The van der Waals surface area contributed by atoms with Crippen LogP contribution in [0.25, 0.3) is 11.1 Å². The molecule has 1 fully saturated rings. The highest BCUT2D eigenvalue weighted by Crippen LogP contribution is 2.20. The number of aryl methyl sites for hydroxylation is 1. The van der Waals surface area contributed by atoms with Gasteiger partial charge in [-0.1, -0.05) is 18.2 Å². The highest BCUT2D eigenvalue weighted by molar-refractivity contribution is 5.79. The third-order valence-corrected chi connectivity index (χ3v) is 4.33. The van der Waals surface area contributed by atoms with Crippen molar-refractivity contribution in [2.45, 2.75) is 6.54 Å². The van der Waals surface area contributed by atoms with Gasteiger partial charge in [0.1, 0.15) is 0 Å². The first-order valence-electron chi connectivity index (χ1n) is 8.23. The maximum atomic E-state index is 12.2. The van der Waals surface area contributed by atoms with Gasteiger partial charge >= 0.3 is 0 Å². The molecule has 3 rings (SSSR count). The van der Waals surface area contributed by atoms with E-state index in [0.717, 1.165) is 30.8 Å². The fourth-order valence-electron chi connectivity index (χ4n) is 3.01. The van der Waals surface area contributed by atoms with Crippen LogP contribution in [0, 0.1) is 0 Å². The quantitative estimate of drug-likeness (QED) is 0.804. The largest absolute Gasteiger partial charge is 0.383 e. The Bertz CT molecular complexity index is 698. The van der Waals surface area contributed by atoms with Crippen molar-refractivity contribution in [1.29, 1.82) is 0 Å². The van der Waals surface area contributed by atoms with Gasteiger partial charge in [-0.15, -0.1) is 0 Å². The number of aromatic nitrogens is 2. The second-order valence-corrected chi connectivity index (χ2v) is 6.19. The molecule has 0 atom stereocenters. The number of carbonyl (C=O) groups excluding carboxylic acids is 1. The molecule has 0 bridgehead atoms. The molecule has 6 nitrogen and oxygen atoms in total. The van der Waals surface area contributed by atoms with Gasteiger partial charge in [0.2, 0.25) is 5.91 Å². The summed E-state index contributed by atoms with van der Waals surface area (Å²) in [5.41, 5.74) is 3.49. The molecule has 2 heterocycles. The fraction of sp³-hybridized carbons (Fsp3) is 0.444. The van der Waals surface area contributed by atoms with Crippen LogP contribution in [-0.2, 0) is 23.1 Å². The average Bonchev–Trinajstić information content (AvgIpc) is 3.01. The molecule has 1 amide bonds. The SMILES string of the molecule is COCCN1CCN(Cc2cccc(-c3cnn(C)c3)c2)CC1=O. The Hall–Kier alpha value is -2.18. The van der Waals surface area contributed by atoms with Gasteiger partial charge in [0.15, 0.2) is 0 Å². The maximum Gasteiger partial charge on any atom is 0.236 e. The van der Waals surface area contributed by atoms with Crippen LogP contribution < -0.4 is 0 Å². The van der Waals surface area contributed by atoms with Crippen molar-refractivity contribution < 1.29 is 9.53 Å². The number of nitrogens with zero attached hydrogens (tertiary/aromatic N) is 4. The molecule has 128 valence electrons. The minimum absolute atomic E-state index is 0.182. The van der Waals surface area contributed by atoms with Gasteiger partial charge in [0, 0.05) is 52.1 Å². The summed E-state index contributed by atoms with van der Waals surface area (Å²) in [6, 6.07) is 8.45. The molecule has 1 aliphatic heterocycles. The number of methoxy groups -OCH3 is 1. The molecule has 0 radical (unpaired) electrons. The number of hydrogen-bond acceptors (Lipinski definition) is 4. The van der Waals surface area contributed by atoms with E-state index in [9.17, 15) is 4.79 Å². The van der Waals surface area contributed by atoms with Crippen LogP contribution in [0.1, 0.15) is 5.56 Å². The van der Waals surface area contributed by atoms with Crippen LogP contribution >= 0.6 is 0 Å². The van der Waals surface area contributed by atoms with Gasteiger partial charge < -0.3 is 9.64 Å². The van der Waals surface area contributed by atoms with Crippen molar-refractivity contribution in [2.24, 2.45) is 7.05 Å². The molecule has 0 unspecified atom stereocenters. The number of amides is 1. The number of ether oxygens (including phenoxy) is 1. The molecule has 1 aromatic heterocycles. The summed E-state index contributed by atoms with van der Waals surface area (Å²) in [5, 5.41) is 4.23. The minimum atomic E-state index is 0.182. The van der Waals surface area contributed by atoms with Crippen LogP contribution in [0.2, 0.25) is 0 Å². The first-order valence-corrected chi connectivity index (χ1v) is 8.23. The van der Waals surface area contributed by atoms with Gasteiger partial charge in [0.25, 0.3) is 0 Å². The number of rotatable bonds is 6. The Morgan fingerprint density at radius 3 is 2.83 bits per heavy atom. The summed E-state index contributed by atoms with van der Waals surface area (Å²) in [6.45, 7) is 4.20. The number of hydrogen-bond donors (Lipinski definition) is 0. The maximum absolute atomic E-state index is 12.2. The standard InChI is InChI=1S/C18H24N4O2/c1-20-13-17(11-19-20)16-5-3-4-15(10-16)12-21-6-7-22(8-9-24-2)18(23)14-21/h3-5,10-11,13H,6-9,12,14H2,1-2H3. The first-order chi connectivity index (χ1) is 11.7. The molecule has 1 aromatic carbocycles. The Balaban J connectivity index is 1.62. The number of carbonyl (C=O) groups is 1. The average molecular weight is 328 g/mol. The van der Waals surface area contributed by atoms with Gasteiger partial charge in [-0.3, -0.25) is 14.4 Å². The first kappa shape index (κ1) is 16.7. The smallest absolute Gasteiger partial charge is 0.236 e. The second-order valence-electron chi connectivity index (χ2n) is 6.19.